The third-order valence-corrected chi connectivity index (χ3v) is 3.52. The van der Waals surface area contributed by atoms with Crippen LogP contribution in [0.15, 0.2) is 46.9 Å². The minimum atomic E-state index is 0.433. The fraction of sp³-hybridized carbons (Fsp3) is 0.0833. The Labute approximate surface area is 129 Å². The Bertz CT molecular complexity index is 602. The molecule has 0 unspecified atom stereocenters. The number of hydrogen-bond donors (Lipinski definition) is 2. The third-order valence-electron chi connectivity index (χ3n) is 2.43. The van der Waals surface area contributed by atoms with E-state index >= 15 is 0 Å². The van der Waals surface area contributed by atoms with Gasteiger partial charge in [0.2, 0.25) is 5.82 Å². The molecular weight excluding hydrogens is 377 g/mol. The highest BCUT2D eigenvalue weighted by molar-refractivity contribution is 14.1. The highest BCUT2D eigenvalue weighted by Gasteiger charge is 2.06. The largest absolute Gasteiger partial charge is 0.294 e. The zero-order valence-electron chi connectivity index (χ0n) is 10.1. The Kier molecular flexibility index (Phi) is 4.92. The molecule has 0 radical (unpaired) electrons. The number of nitrogens with zero attached hydrogens (tertiary/aromatic N) is 3. The summed E-state index contributed by atoms with van der Waals surface area (Å²) in [5.74, 6) is 0.433. The summed E-state index contributed by atoms with van der Waals surface area (Å²) in [5.41, 5.74) is 5.51. The first-order valence-corrected chi connectivity index (χ1v) is 6.91. The van der Waals surface area contributed by atoms with Crippen molar-refractivity contribution in [1.29, 1.82) is 0 Å². The van der Waals surface area contributed by atoms with E-state index in [4.69, 9.17) is 11.8 Å². The normalized spacial score (nSPS) is 10.7. The summed E-state index contributed by atoms with van der Waals surface area (Å²) >= 11 is 7.79. The number of anilines is 2. The number of para-hydroxylation sites is 1. The molecule has 1 aromatic heterocycles. The lowest BCUT2D eigenvalue weighted by Crippen LogP contribution is -1.91. The Balaban J connectivity index is 2.16. The minimum absolute atomic E-state index is 0.433. The predicted octanol–water partition coefficient (Wildman–Crippen LogP) is 4.67. The maximum atomic E-state index is 5.64. The number of rotatable bonds is 4. The van der Waals surface area contributed by atoms with Crippen molar-refractivity contribution in [1.82, 2.24) is 4.98 Å². The van der Waals surface area contributed by atoms with E-state index in [0.29, 0.717) is 11.5 Å². The van der Waals surface area contributed by atoms with E-state index in [1.807, 2.05) is 37.3 Å². The molecule has 0 aliphatic carbocycles. The Morgan fingerprint density at radius 1 is 1.26 bits per heavy atom. The zero-order chi connectivity index (χ0) is 13.7. The summed E-state index contributed by atoms with van der Waals surface area (Å²) in [5, 5.41) is 7.96. The van der Waals surface area contributed by atoms with Gasteiger partial charge in [-0.1, -0.05) is 23.4 Å². The van der Waals surface area contributed by atoms with Gasteiger partial charge in [0.15, 0.2) is 0 Å². The van der Waals surface area contributed by atoms with E-state index in [0.717, 1.165) is 14.8 Å². The predicted molar refractivity (Wildman–Crippen MR) is 85.7 cm³/mol. The van der Waals surface area contributed by atoms with E-state index in [1.54, 1.807) is 6.20 Å². The first-order chi connectivity index (χ1) is 9.22. The van der Waals surface area contributed by atoms with Gasteiger partial charge in [0.25, 0.3) is 0 Å². The van der Waals surface area contributed by atoms with Crippen LogP contribution in [0.1, 0.15) is 5.56 Å². The molecule has 5 nitrogen and oxygen atoms in total. The van der Waals surface area contributed by atoms with Gasteiger partial charge >= 0.3 is 0 Å². The van der Waals surface area contributed by atoms with Crippen molar-refractivity contribution in [3.05, 3.63) is 45.7 Å². The number of benzene rings is 1. The molecule has 0 aliphatic heterocycles. The molecule has 0 saturated carbocycles. The fourth-order valence-electron chi connectivity index (χ4n) is 1.42. The van der Waals surface area contributed by atoms with Crippen molar-refractivity contribution >= 4 is 51.6 Å². The van der Waals surface area contributed by atoms with Crippen LogP contribution in [0, 0.1) is 10.5 Å². The van der Waals surface area contributed by atoms with Crippen LogP contribution < -0.4 is 10.3 Å². The molecule has 7 heteroatoms. The van der Waals surface area contributed by atoms with Crippen LogP contribution in [-0.4, -0.2) is 4.98 Å². The second-order valence-corrected chi connectivity index (χ2v) is 5.06. The van der Waals surface area contributed by atoms with Crippen molar-refractivity contribution in [2.24, 2.45) is 10.3 Å². The zero-order valence-corrected chi connectivity index (χ0v) is 13.0. The first-order valence-electron chi connectivity index (χ1n) is 5.46. The van der Waals surface area contributed by atoms with E-state index in [-0.39, 0.29) is 0 Å². The molecule has 0 fully saturated rings. The van der Waals surface area contributed by atoms with Gasteiger partial charge < -0.3 is 0 Å². The molecule has 0 bridgehead atoms. The standard InChI is InChI=1S/C12H11ClIN5/c1-8-4-2-3-5-10(8)17-19-18-12-11(16-13)9(14)6-7-15-12/h2-7,16H,1H3,(H,15,17,18). The van der Waals surface area contributed by atoms with Gasteiger partial charge in [-0.2, -0.15) is 0 Å². The van der Waals surface area contributed by atoms with Gasteiger partial charge in [0, 0.05) is 21.5 Å². The summed E-state index contributed by atoms with van der Waals surface area (Å²) in [4.78, 5) is 6.66. The SMILES string of the molecule is Cc1ccccc1NN=Nc1nccc(I)c1NCl. The molecule has 2 aromatic rings. The molecule has 19 heavy (non-hydrogen) atoms. The van der Waals surface area contributed by atoms with Crippen LogP contribution in [0.2, 0.25) is 0 Å². The molecule has 0 amide bonds. The lowest BCUT2D eigenvalue weighted by molar-refractivity contribution is 1.08. The molecule has 0 spiro atoms. The van der Waals surface area contributed by atoms with Crippen LogP contribution >= 0.6 is 34.4 Å². The molecule has 0 atom stereocenters. The number of pyridine rings is 1. The van der Waals surface area contributed by atoms with Crippen LogP contribution in [0.25, 0.3) is 0 Å². The van der Waals surface area contributed by atoms with Crippen LogP contribution in [0.4, 0.5) is 17.2 Å². The van der Waals surface area contributed by atoms with Crippen molar-refractivity contribution in [2.45, 2.75) is 6.92 Å². The second kappa shape index (κ2) is 6.67. The Morgan fingerprint density at radius 2 is 2.05 bits per heavy atom. The van der Waals surface area contributed by atoms with E-state index in [9.17, 15) is 0 Å². The Hall–Kier alpha value is -1.41. The first kappa shape index (κ1) is 14.0. The maximum absolute atomic E-state index is 5.64. The second-order valence-electron chi connectivity index (χ2n) is 3.71. The minimum Gasteiger partial charge on any atom is -0.294 e. The summed E-state index contributed by atoms with van der Waals surface area (Å²) in [6.07, 6.45) is 1.65. The van der Waals surface area contributed by atoms with E-state index in [1.165, 1.54) is 0 Å². The summed E-state index contributed by atoms with van der Waals surface area (Å²) in [7, 11) is 0. The lowest BCUT2D eigenvalue weighted by atomic mass is 10.2. The summed E-state index contributed by atoms with van der Waals surface area (Å²) in [6, 6.07) is 9.65. The maximum Gasteiger partial charge on any atom is 0.201 e. The smallest absolute Gasteiger partial charge is 0.201 e. The van der Waals surface area contributed by atoms with Crippen molar-refractivity contribution < 1.29 is 0 Å². The van der Waals surface area contributed by atoms with Crippen LogP contribution in [0.5, 0.6) is 0 Å². The molecular formula is C12H11ClIN5. The van der Waals surface area contributed by atoms with Gasteiger partial charge in [-0.3, -0.25) is 10.3 Å². The van der Waals surface area contributed by atoms with Crippen LogP contribution in [-0.2, 0) is 0 Å². The quantitative estimate of drug-likeness (QED) is 0.347. The summed E-state index contributed by atoms with van der Waals surface area (Å²) in [6.45, 7) is 1.99. The van der Waals surface area contributed by atoms with Gasteiger partial charge in [0.1, 0.15) is 5.69 Å². The highest BCUT2D eigenvalue weighted by atomic mass is 127. The van der Waals surface area contributed by atoms with Crippen molar-refractivity contribution in [2.75, 3.05) is 10.3 Å². The van der Waals surface area contributed by atoms with Gasteiger partial charge in [-0.15, -0.1) is 5.11 Å². The molecule has 0 aliphatic rings. The molecule has 2 rings (SSSR count). The molecule has 1 heterocycles. The molecule has 2 N–H and O–H groups in total. The molecule has 0 saturated heterocycles. The van der Waals surface area contributed by atoms with Crippen molar-refractivity contribution in [3.8, 4) is 0 Å². The average molecular weight is 388 g/mol. The van der Waals surface area contributed by atoms with E-state index in [2.05, 4.69) is 48.2 Å². The molecule has 1 aromatic carbocycles. The Morgan fingerprint density at radius 3 is 2.79 bits per heavy atom. The number of aromatic nitrogens is 1. The fourth-order valence-corrected chi connectivity index (χ4v) is 2.30. The summed E-state index contributed by atoms with van der Waals surface area (Å²) < 4.78 is 0.924. The topological polar surface area (TPSA) is 61.7 Å². The number of nitrogens with one attached hydrogen (secondary N) is 2. The number of aryl methyl sites for hydroxylation is 1. The van der Waals surface area contributed by atoms with Gasteiger partial charge in [0.05, 0.1) is 5.69 Å². The highest BCUT2D eigenvalue weighted by Crippen LogP contribution is 2.28. The number of hydrogen-bond acceptors (Lipinski definition) is 4. The van der Waals surface area contributed by atoms with Gasteiger partial charge in [-0.25, -0.2) is 4.98 Å². The van der Waals surface area contributed by atoms with Crippen molar-refractivity contribution in [3.63, 3.8) is 0 Å². The number of halogens is 2. The lowest BCUT2D eigenvalue weighted by Gasteiger charge is -2.04. The average Bonchev–Trinajstić information content (AvgIpc) is 2.41. The monoisotopic (exact) mass is 387 g/mol. The van der Waals surface area contributed by atoms with Crippen LogP contribution in [0.3, 0.4) is 0 Å². The van der Waals surface area contributed by atoms with E-state index < -0.39 is 0 Å². The van der Waals surface area contributed by atoms with Gasteiger partial charge in [-0.05, 0) is 47.2 Å². The third kappa shape index (κ3) is 3.54. The molecule has 98 valence electrons.